The largest absolute Gasteiger partial charge is 0.481 e. The van der Waals surface area contributed by atoms with Gasteiger partial charge in [-0.1, -0.05) is 36.4 Å². The van der Waals surface area contributed by atoms with Crippen LogP contribution in [-0.4, -0.2) is 27.7 Å². The molecule has 0 aliphatic heterocycles. The van der Waals surface area contributed by atoms with E-state index in [9.17, 15) is 9.59 Å². The molecular formula is C23H23N5O3. The van der Waals surface area contributed by atoms with Gasteiger partial charge in [-0.15, -0.1) is 0 Å². The van der Waals surface area contributed by atoms with Crippen molar-refractivity contribution < 1.29 is 14.7 Å². The van der Waals surface area contributed by atoms with Crippen LogP contribution in [0, 0.1) is 5.41 Å². The van der Waals surface area contributed by atoms with Crippen molar-refractivity contribution in [3.05, 3.63) is 88.1 Å². The lowest BCUT2D eigenvalue weighted by Gasteiger charge is -2.16. The molecule has 31 heavy (non-hydrogen) atoms. The Bertz CT molecular complexity index is 1160. The Morgan fingerprint density at radius 1 is 1.03 bits per heavy atom. The van der Waals surface area contributed by atoms with Crippen LogP contribution in [0.5, 0.6) is 0 Å². The number of hydrogen-bond donors (Lipinski definition) is 5. The van der Waals surface area contributed by atoms with Gasteiger partial charge >= 0.3 is 5.97 Å². The second-order valence-electron chi connectivity index (χ2n) is 7.12. The number of amidine groups is 1. The third-order valence-corrected chi connectivity index (χ3v) is 4.97. The quantitative estimate of drug-likeness (QED) is 0.162. The summed E-state index contributed by atoms with van der Waals surface area (Å²) in [6.07, 6.45) is 1.77. The molecule has 0 saturated heterocycles. The fourth-order valence-corrected chi connectivity index (χ4v) is 3.37. The molecular weight excluding hydrogens is 394 g/mol. The molecule has 0 atom stereocenters. The van der Waals surface area contributed by atoms with Crippen LogP contribution >= 0.6 is 0 Å². The molecule has 158 valence electrons. The Morgan fingerprint density at radius 3 is 2.32 bits per heavy atom. The summed E-state index contributed by atoms with van der Waals surface area (Å²) in [7, 11) is 0. The van der Waals surface area contributed by atoms with Crippen LogP contribution in [0.15, 0.2) is 54.7 Å². The van der Waals surface area contributed by atoms with Gasteiger partial charge in [0.05, 0.1) is 0 Å². The zero-order valence-corrected chi connectivity index (χ0v) is 16.8. The highest BCUT2D eigenvalue weighted by Crippen LogP contribution is 2.28. The van der Waals surface area contributed by atoms with Gasteiger partial charge in [-0.25, -0.2) is 4.98 Å². The Morgan fingerprint density at radius 2 is 1.71 bits per heavy atom. The lowest BCUT2D eigenvalue weighted by atomic mass is 9.89. The Balaban J connectivity index is 2.10. The number of aliphatic carboxylic acids is 1. The van der Waals surface area contributed by atoms with Crippen LogP contribution in [0.25, 0.3) is 0 Å². The lowest BCUT2D eigenvalue weighted by molar-refractivity contribution is -0.136. The van der Waals surface area contributed by atoms with Crippen LogP contribution < -0.4 is 17.2 Å². The predicted molar refractivity (Wildman–Crippen MR) is 119 cm³/mol. The second kappa shape index (κ2) is 9.08. The van der Waals surface area contributed by atoms with E-state index < -0.39 is 5.97 Å². The normalized spacial score (nSPS) is 10.6. The molecule has 8 N–H and O–H groups in total. The van der Waals surface area contributed by atoms with E-state index in [2.05, 4.69) is 4.98 Å². The van der Waals surface area contributed by atoms with Gasteiger partial charge in [0.1, 0.15) is 11.7 Å². The van der Waals surface area contributed by atoms with E-state index in [1.165, 1.54) is 6.20 Å². The van der Waals surface area contributed by atoms with Gasteiger partial charge in [0.25, 0.3) is 0 Å². The first-order valence-electron chi connectivity index (χ1n) is 9.58. The summed E-state index contributed by atoms with van der Waals surface area (Å²) in [5, 5.41) is 16.7. The molecule has 0 unspecified atom stereocenters. The summed E-state index contributed by atoms with van der Waals surface area (Å²) in [5.41, 5.74) is 21.0. The minimum atomic E-state index is -0.998. The number of pyridine rings is 1. The van der Waals surface area contributed by atoms with Crippen LogP contribution in [0.2, 0.25) is 0 Å². The zero-order chi connectivity index (χ0) is 22.5. The highest BCUT2D eigenvalue weighted by Gasteiger charge is 2.23. The topological polar surface area (TPSA) is 169 Å². The van der Waals surface area contributed by atoms with Crippen molar-refractivity contribution in [2.24, 2.45) is 5.73 Å². The number of rotatable bonds is 8. The maximum atomic E-state index is 13.5. The smallest absolute Gasteiger partial charge is 0.303 e. The van der Waals surface area contributed by atoms with Crippen molar-refractivity contribution in [3.63, 3.8) is 0 Å². The number of carboxylic acids is 1. The monoisotopic (exact) mass is 417 g/mol. The summed E-state index contributed by atoms with van der Waals surface area (Å²) >= 11 is 0. The van der Waals surface area contributed by atoms with E-state index in [1.807, 2.05) is 12.1 Å². The fraction of sp³-hybridized carbons (Fsp3) is 0.130. The zero-order valence-electron chi connectivity index (χ0n) is 16.8. The number of ketones is 1. The summed E-state index contributed by atoms with van der Waals surface area (Å²) in [6, 6.07) is 13.8. The Hall–Kier alpha value is -4.20. The van der Waals surface area contributed by atoms with E-state index >= 15 is 0 Å². The molecule has 2 aromatic carbocycles. The molecule has 1 aromatic heterocycles. The molecule has 0 aliphatic rings. The van der Waals surface area contributed by atoms with E-state index in [-0.39, 0.29) is 30.3 Å². The number of nitrogens with two attached hydrogens (primary N) is 3. The van der Waals surface area contributed by atoms with Gasteiger partial charge < -0.3 is 22.3 Å². The SMILES string of the molecule is N=C(N)c1ccc(Cc2cnc(N)c(CCC(=O)O)c2C(=O)c2ccccc2N)cc1. The highest BCUT2D eigenvalue weighted by molar-refractivity contribution is 6.14. The molecule has 8 heteroatoms. The second-order valence-corrected chi connectivity index (χ2v) is 7.12. The van der Waals surface area contributed by atoms with Gasteiger partial charge in [0, 0.05) is 40.6 Å². The van der Waals surface area contributed by atoms with Crippen molar-refractivity contribution in [1.29, 1.82) is 5.41 Å². The summed E-state index contributed by atoms with van der Waals surface area (Å²) in [6.45, 7) is 0. The third kappa shape index (κ3) is 4.87. The van der Waals surface area contributed by atoms with E-state index in [0.29, 0.717) is 39.9 Å². The Labute approximate surface area is 179 Å². The minimum Gasteiger partial charge on any atom is -0.481 e. The number of para-hydroxylation sites is 1. The highest BCUT2D eigenvalue weighted by atomic mass is 16.4. The number of nitrogen functional groups attached to an aromatic ring is 3. The summed E-state index contributed by atoms with van der Waals surface area (Å²) in [4.78, 5) is 28.8. The average molecular weight is 417 g/mol. The number of nitrogens with zero attached hydrogens (tertiary/aromatic N) is 1. The number of benzene rings is 2. The molecule has 3 rings (SSSR count). The molecule has 0 bridgehead atoms. The van der Waals surface area contributed by atoms with Crippen LogP contribution in [0.1, 0.15) is 44.6 Å². The Kier molecular flexibility index (Phi) is 6.30. The third-order valence-electron chi connectivity index (χ3n) is 4.97. The summed E-state index contributed by atoms with van der Waals surface area (Å²) in [5.74, 6) is -1.24. The number of aromatic nitrogens is 1. The first-order valence-corrected chi connectivity index (χ1v) is 9.58. The lowest BCUT2D eigenvalue weighted by Crippen LogP contribution is -2.16. The van der Waals surface area contributed by atoms with Crippen molar-refractivity contribution in [1.82, 2.24) is 4.98 Å². The molecule has 0 radical (unpaired) electrons. The van der Waals surface area contributed by atoms with Crippen molar-refractivity contribution in [2.45, 2.75) is 19.3 Å². The number of hydrogen-bond acceptors (Lipinski definition) is 6. The number of nitrogens with one attached hydrogen (secondary N) is 1. The summed E-state index contributed by atoms with van der Waals surface area (Å²) < 4.78 is 0. The van der Waals surface area contributed by atoms with E-state index in [1.54, 1.807) is 36.4 Å². The molecule has 0 aliphatic carbocycles. The first-order chi connectivity index (χ1) is 14.8. The predicted octanol–water partition coefficient (Wildman–Crippen LogP) is 2.37. The molecule has 0 spiro atoms. The van der Waals surface area contributed by atoms with Gasteiger partial charge in [-0.3, -0.25) is 15.0 Å². The molecule has 0 fully saturated rings. The van der Waals surface area contributed by atoms with Crippen LogP contribution in [0.3, 0.4) is 0 Å². The van der Waals surface area contributed by atoms with Crippen LogP contribution in [0.4, 0.5) is 11.5 Å². The average Bonchev–Trinajstić information content (AvgIpc) is 2.74. The number of carbonyl (C=O) groups excluding carboxylic acids is 1. The van der Waals surface area contributed by atoms with Gasteiger partial charge in [-0.2, -0.15) is 0 Å². The van der Waals surface area contributed by atoms with Gasteiger partial charge in [-0.05, 0) is 36.1 Å². The van der Waals surface area contributed by atoms with Crippen molar-refractivity contribution in [2.75, 3.05) is 11.5 Å². The number of carboxylic acid groups (broad SMARTS) is 1. The minimum absolute atomic E-state index is 0.0351. The number of anilines is 2. The van der Waals surface area contributed by atoms with Crippen LogP contribution in [-0.2, 0) is 17.6 Å². The molecule has 0 saturated carbocycles. The van der Waals surface area contributed by atoms with E-state index in [4.69, 9.17) is 27.7 Å². The fourth-order valence-electron chi connectivity index (χ4n) is 3.37. The molecule has 3 aromatic rings. The first kappa shape index (κ1) is 21.5. The maximum Gasteiger partial charge on any atom is 0.303 e. The van der Waals surface area contributed by atoms with E-state index in [0.717, 1.165) is 5.56 Å². The van der Waals surface area contributed by atoms with Gasteiger partial charge in [0.2, 0.25) is 0 Å². The maximum absolute atomic E-state index is 13.5. The standard InChI is InChI=1S/C23H23N5O3/c24-18-4-2-1-3-16(18)21(31)20-15(11-13-5-7-14(8-6-13)22(25)26)12-28-23(27)17(20)9-10-19(29)30/h1-8,12H,9-11,24H2,(H3,25,26)(H2,27,28)(H,29,30). The number of carbonyl (C=O) groups is 2. The molecule has 8 nitrogen and oxygen atoms in total. The molecule has 0 amide bonds. The van der Waals surface area contributed by atoms with Gasteiger partial charge in [0.15, 0.2) is 5.78 Å². The van der Waals surface area contributed by atoms with Crippen molar-refractivity contribution in [3.8, 4) is 0 Å². The molecule has 1 heterocycles. The van der Waals surface area contributed by atoms with Crippen molar-refractivity contribution >= 4 is 29.1 Å².